The van der Waals surface area contributed by atoms with Gasteiger partial charge in [-0.05, 0) is 49.1 Å². The van der Waals surface area contributed by atoms with Gasteiger partial charge in [-0.3, -0.25) is 4.79 Å². The molecule has 0 spiro atoms. The van der Waals surface area contributed by atoms with Crippen molar-refractivity contribution in [1.82, 2.24) is 0 Å². The molecule has 0 saturated carbocycles. The number of aromatic hydroxyl groups is 1. The highest BCUT2D eigenvalue weighted by molar-refractivity contribution is 5.71. The topological polar surface area (TPSA) is 46.5 Å². The molecule has 0 radical (unpaired) electrons. The molecule has 80 valence electrons. The predicted molar refractivity (Wildman–Crippen MR) is 55.6 cm³/mol. The number of phenolic OH excluding ortho intramolecular Hbond substituents is 1. The van der Waals surface area contributed by atoms with Crippen molar-refractivity contribution in [2.24, 2.45) is 0 Å². The molecule has 0 amide bonds. The zero-order valence-corrected chi connectivity index (χ0v) is 8.91. The summed E-state index contributed by atoms with van der Waals surface area (Å²) in [6.07, 6.45) is 1.10. The Balaban J connectivity index is 2.33. The van der Waals surface area contributed by atoms with Crippen molar-refractivity contribution < 1.29 is 14.6 Å². The van der Waals surface area contributed by atoms with Gasteiger partial charge in [0.05, 0.1) is 0 Å². The van der Waals surface area contributed by atoms with Crippen LogP contribution in [-0.2, 0) is 9.53 Å². The van der Waals surface area contributed by atoms with Crippen LogP contribution in [0.15, 0.2) is 12.1 Å². The minimum absolute atomic E-state index is 0.129. The monoisotopic (exact) mass is 206 g/mol. The van der Waals surface area contributed by atoms with Crippen LogP contribution in [-0.4, -0.2) is 11.1 Å². The van der Waals surface area contributed by atoms with E-state index in [9.17, 15) is 9.90 Å². The van der Waals surface area contributed by atoms with E-state index in [1.54, 1.807) is 0 Å². The van der Waals surface area contributed by atoms with Crippen molar-refractivity contribution in [2.45, 2.75) is 32.8 Å². The number of benzene rings is 1. The summed E-state index contributed by atoms with van der Waals surface area (Å²) in [5.74, 6) is 0.187. The number of phenols is 1. The second-order valence-electron chi connectivity index (χ2n) is 4.02. The van der Waals surface area contributed by atoms with Crippen LogP contribution in [0.2, 0.25) is 0 Å². The van der Waals surface area contributed by atoms with Crippen LogP contribution in [0.1, 0.15) is 35.6 Å². The van der Waals surface area contributed by atoms with Gasteiger partial charge in [-0.15, -0.1) is 0 Å². The Morgan fingerprint density at radius 3 is 2.40 bits per heavy atom. The predicted octanol–water partition coefficient (Wildman–Crippen LogP) is 2.39. The number of carbonyl (C=O) groups is 1. The Morgan fingerprint density at radius 1 is 1.33 bits per heavy atom. The summed E-state index contributed by atoms with van der Waals surface area (Å²) in [6, 6.07) is 3.76. The smallest absolute Gasteiger partial charge is 0.306 e. The van der Waals surface area contributed by atoms with E-state index in [2.05, 4.69) is 0 Å². The van der Waals surface area contributed by atoms with E-state index in [4.69, 9.17) is 4.74 Å². The number of esters is 1. The van der Waals surface area contributed by atoms with E-state index in [1.807, 2.05) is 26.0 Å². The molecule has 1 fully saturated rings. The van der Waals surface area contributed by atoms with E-state index in [0.29, 0.717) is 12.2 Å². The van der Waals surface area contributed by atoms with Crippen molar-refractivity contribution in [2.75, 3.05) is 0 Å². The third-order valence-electron chi connectivity index (χ3n) is 2.77. The van der Waals surface area contributed by atoms with Crippen LogP contribution >= 0.6 is 0 Å². The Labute approximate surface area is 88.7 Å². The Hall–Kier alpha value is -1.51. The summed E-state index contributed by atoms with van der Waals surface area (Å²) < 4.78 is 5.18. The second kappa shape index (κ2) is 3.57. The number of aryl methyl sites for hydroxylation is 2. The molecule has 1 unspecified atom stereocenters. The van der Waals surface area contributed by atoms with Gasteiger partial charge in [0.15, 0.2) is 0 Å². The fourth-order valence-electron chi connectivity index (χ4n) is 1.94. The van der Waals surface area contributed by atoms with Gasteiger partial charge in [0.1, 0.15) is 11.9 Å². The van der Waals surface area contributed by atoms with E-state index >= 15 is 0 Å². The standard InChI is InChI=1S/C12H14O3/c1-7-5-9(6-8(2)12(7)14)10-3-4-11(13)15-10/h5-6,10,14H,3-4H2,1-2H3. The molecule has 0 bridgehead atoms. The quantitative estimate of drug-likeness (QED) is 0.717. The fourth-order valence-corrected chi connectivity index (χ4v) is 1.94. The Kier molecular flexibility index (Phi) is 2.39. The second-order valence-corrected chi connectivity index (χ2v) is 4.02. The molecule has 1 aliphatic rings. The molecule has 0 aromatic heterocycles. The number of rotatable bonds is 1. The van der Waals surface area contributed by atoms with Gasteiger partial charge < -0.3 is 9.84 Å². The van der Waals surface area contributed by atoms with Crippen molar-refractivity contribution in [3.8, 4) is 5.75 Å². The van der Waals surface area contributed by atoms with Crippen LogP contribution in [0.4, 0.5) is 0 Å². The van der Waals surface area contributed by atoms with E-state index in [-0.39, 0.29) is 12.1 Å². The molecule has 1 N–H and O–H groups in total. The number of carbonyl (C=O) groups excluding carboxylic acids is 1. The van der Waals surface area contributed by atoms with Crippen molar-refractivity contribution in [3.05, 3.63) is 28.8 Å². The zero-order valence-electron chi connectivity index (χ0n) is 8.91. The zero-order chi connectivity index (χ0) is 11.0. The first kappa shape index (κ1) is 10.0. The van der Waals surface area contributed by atoms with Crippen LogP contribution in [0.5, 0.6) is 5.75 Å². The third kappa shape index (κ3) is 1.82. The number of cyclic esters (lactones) is 1. The highest BCUT2D eigenvalue weighted by Crippen LogP contribution is 2.33. The maximum Gasteiger partial charge on any atom is 0.306 e. The van der Waals surface area contributed by atoms with Crippen LogP contribution in [0, 0.1) is 13.8 Å². The van der Waals surface area contributed by atoms with Gasteiger partial charge in [0.2, 0.25) is 0 Å². The maximum atomic E-state index is 11.0. The van der Waals surface area contributed by atoms with Crippen LogP contribution in [0.3, 0.4) is 0 Å². The summed E-state index contributed by atoms with van der Waals surface area (Å²) >= 11 is 0. The molecule has 3 nitrogen and oxygen atoms in total. The first-order valence-electron chi connectivity index (χ1n) is 5.07. The van der Waals surface area contributed by atoms with Gasteiger partial charge in [-0.2, -0.15) is 0 Å². The molecule has 0 aliphatic carbocycles. The van der Waals surface area contributed by atoms with Crippen molar-refractivity contribution >= 4 is 5.97 Å². The lowest BCUT2D eigenvalue weighted by Crippen LogP contribution is -1.99. The van der Waals surface area contributed by atoms with Crippen LogP contribution < -0.4 is 0 Å². The molecular weight excluding hydrogens is 192 g/mol. The third-order valence-corrected chi connectivity index (χ3v) is 2.77. The lowest BCUT2D eigenvalue weighted by Gasteiger charge is -2.12. The molecule has 3 heteroatoms. The largest absolute Gasteiger partial charge is 0.507 e. The maximum absolute atomic E-state index is 11.0. The van der Waals surface area contributed by atoms with Crippen molar-refractivity contribution in [1.29, 1.82) is 0 Å². The van der Waals surface area contributed by atoms with Gasteiger partial charge >= 0.3 is 5.97 Å². The summed E-state index contributed by atoms with van der Waals surface area (Å²) in [5.41, 5.74) is 2.63. The number of ether oxygens (including phenoxy) is 1. The minimum atomic E-state index is -0.136. The average Bonchev–Trinajstić information content (AvgIpc) is 2.60. The van der Waals surface area contributed by atoms with Gasteiger partial charge in [0, 0.05) is 6.42 Å². The first-order chi connectivity index (χ1) is 7.08. The van der Waals surface area contributed by atoms with E-state index in [1.165, 1.54) is 0 Å². The fraction of sp³-hybridized carbons (Fsp3) is 0.417. The lowest BCUT2D eigenvalue weighted by molar-refractivity contribution is -0.141. The van der Waals surface area contributed by atoms with Gasteiger partial charge in [0.25, 0.3) is 0 Å². The summed E-state index contributed by atoms with van der Waals surface area (Å²) in [5, 5.41) is 9.62. The number of hydrogen-bond acceptors (Lipinski definition) is 3. The highest BCUT2D eigenvalue weighted by Gasteiger charge is 2.25. The van der Waals surface area contributed by atoms with Crippen LogP contribution in [0.25, 0.3) is 0 Å². The summed E-state index contributed by atoms with van der Waals surface area (Å²) in [7, 11) is 0. The summed E-state index contributed by atoms with van der Waals surface area (Å²) in [6.45, 7) is 3.70. The molecule has 1 saturated heterocycles. The molecule has 1 aromatic carbocycles. The SMILES string of the molecule is Cc1cc(C2CCC(=O)O2)cc(C)c1O. The Bertz CT molecular complexity index is 386. The molecule has 1 aliphatic heterocycles. The molecule has 15 heavy (non-hydrogen) atoms. The van der Waals surface area contributed by atoms with Gasteiger partial charge in [-0.1, -0.05) is 0 Å². The molecule has 1 atom stereocenters. The van der Waals surface area contributed by atoms with Gasteiger partial charge in [-0.25, -0.2) is 0 Å². The highest BCUT2D eigenvalue weighted by atomic mass is 16.5. The molecule has 2 rings (SSSR count). The first-order valence-corrected chi connectivity index (χ1v) is 5.07. The molecule has 1 heterocycles. The lowest BCUT2D eigenvalue weighted by atomic mass is 10.0. The normalized spacial score (nSPS) is 20.4. The Morgan fingerprint density at radius 2 is 1.93 bits per heavy atom. The molecular formula is C12H14O3. The van der Waals surface area contributed by atoms with E-state index in [0.717, 1.165) is 23.1 Å². The minimum Gasteiger partial charge on any atom is -0.507 e. The van der Waals surface area contributed by atoms with Crippen molar-refractivity contribution in [3.63, 3.8) is 0 Å². The number of hydrogen-bond donors (Lipinski definition) is 1. The average molecular weight is 206 g/mol. The van der Waals surface area contributed by atoms with E-state index < -0.39 is 0 Å². The molecule has 1 aromatic rings. The summed E-state index contributed by atoms with van der Waals surface area (Å²) in [4.78, 5) is 11.0.